The van der Waals surface area contributed by atoms with Crippen LogP contribution in [0.5, 0.6) is 0 Å². The summed E-state index contributed by atoms with van der Waals surface area (Å²) in [6, 6.07) is 11.1. The number of hydrogen-bond acceptors (Lipinski definition) is 3. The van der Waals surface area contributed by atoms with Crippen molar-refractivity contribution in [1.29, 1.82) is 0 Å². The van der Waals surface area contributed by atoms with Gasteiger partial charge in [-0.25, -0.2) is 0 Å². The van der Waals surface area contributed by atoms with Crippen LogP contribution in [0.25, 0.3) is 6.08 Å². The van der Waals surface area contributed by atoms with Gasteiger partial charge in [-0.2, -0.15) is 0 Å². The van der Waals surface area contributed by atoms with E-state index in [0.29, 0.717) is 12.1 Å². The Labute approximate surface area is 153 Å². The molecule has 0 atom stereocenters. The third-order valence-electron chi connectivity index (χ3n) is 3.70. The Kier molecular flexibility index (Phi) is 7.41. The summed E-state index contributed by atoms with van der Waals surface area (Å²) in [7, 11) is 0. The fourth-order valence-electron chi connectivity index (χ4n) is 2.25. The minimum atomic E-state index is -0.286. The second-order valence-corrected chi connectivity index (χ2v) is 6.84. The molecule has 4 nitrogen and oxygen atoms in total. The molecule has 0 bridgehead atoms. The number of carbonyl (C=O) groups excluding carboxylic acids is 2. The van der Waals surface area contributed by atoms with Crippen molar-refractivity contribution in [3.63, 3.8) is 0 Å². The summed E-state index contributed by atoms with van der Waals surface area (Å²) in [6.45, 7) is 4.69. The zero-order valence-corrected chi connectivity index (χ0v) is 15.5. The van der Waals surface area contributed by atoms with Crippen LogP contribution in [-0.2, 0) is 4.79 Å². The van der Waals surface area contributed by atoms with Crippen molar-refractivity contribution in [3.05, 3.63) is 63.5 Å². The molecule has 2 N–H and O–H groups in total. The predicted molar refractivity (Wildman–Crippen MR) is 103 cm³/mol. The third kappa shape index (κ3) is 6.19. The van der Waals surface area contributed by atoms with Crippen molar-refractivity contribution in [2.75, 3.05) is 6.54 Å². The molecule has 0 unspecified atom stereocenters. The first kappa shape index (κ1) is 18.9. The molecule has 5 heteroatoms. The monoisotopic (exact) mass is 356 g/mol. The quantitative estimate of drug-likeness (QED) is 0.552. The second kappa shape index (κ2) is 9.79. The number of unbranched alkanes of at least 4 members (excludes halogenated alkanes) is 2. The van der Waals surface area contributed by atoms with E-state index in [4.69, 9.17) is 0 Å². The van der Waals surface area contributed by atoms with Crippen molar-refractivity contribution >= 4 is 29.2 Å². The van der Waals surface area contributed by atoms with Crippen LogP contribution in [-0.4, -0.2) is 18.4 Å². The average Bonchev–Trinajstić information content (AvgIpc) is 3.11. The lowest BCUT2D eigenvalue weighted by Crippen LogP contribution is -2.35. The van der Waals surface area contributed by atoms with Crippen LogP contribution in [0.4, 0.5) is 0 Å². The number of rotatable bonds is 8. The number of thiophene rings is 1. The minimum absolute atomic E-state index is 0.259. The Bertz CT molecular complexity index is 719. The Morgan fingerprint density at radius 3 is 2.52 bits per heavy atom. The zero-order valence-electron chi connectivity index (χ0n) is 14.7. The molecule has 0 spiro atoms. The summed E-state index contributed by atoms with van der Waals surface area (Å²) in [6.07, 6.45) is 4.81. The molecule has 2 amide bonds. The molecule has 2 rings (SSSR count). The molecule has 1 aromatic carbocycles. The fraction of sp³-hybridized carbons (Fsp3) is 0.300. The standard InChI is InChI=1S/C20H24N2O2S/c1-3-4-5-12-21-20(24)18(14-17-7-6-13-25-17)22-19(23)16-10-8-15(2)9-11-16/h6-11,13-14H,3-5,12H2,1-2H3,(H,21,24)(H,22,23)/b18-14-. The van der Waals surface area contributed by atoms with E-state index in [1.54, 1.807) is 18.2 Å². The third-order valence-corrected chi connectivity index (χ3v) is 4.52. The van der Waals surface area contributed by atoms with Gasteiger partial charge < -0.3 is 10.6 Å². The van der Waals surface area contributed by atoms with Crippen molar-refractivity contribution in [2.24, 2.45) is 0 Å². The summed E-state index contributed by atoms with van der Waals surface area (Å²) < 4.78 is 0. The molecule has 0 fully saturated rings. The van der Waals surface area contributed by atoms with E-state index in [1.165, 1.54) is 11.3 Å². The number of hydrogen-bond donors (Lipinski definition) is 2. The van der Waals surface area contributed by atoms with Gasteiger partial charge in [0.05, 0.1) is 0 Å². The van der Waals surface area contributed by atoms with Gasteiger partial charge in [-0.05, 0) is 43.0 Å². The Morgan fingerprint density at radius 1 is 1.12 bits per heavy atom. The van der Waals surface area contributed by atoms with E-state index in [0.717, 1.165) is 29.7 Å². The normalized spacial score (nSPS) is 11.2. The van der Waals surface area contributed by atoms with E-state index in [1.807, 2.05) is 36.6 Å². The smallest absolute Gasteiger partial charge is 0.267 e. The van der Waals surface area contributed by atoms with Crippen molar-refractivity contribution in [3.8, 4) is 0 Å². The highest BCUT2D eigenvalue weighted by molar-refractivity contribution is 7.10. The van der Waals surface area contributed by atoms with Crippen LogP contribution in [0.3, 0.4) is 0 Å². The van der Waals surface area contributed by atoms with Gasteiger partial charge >= 0.3 is 0 Å². The highest BCUT2D eigenvalue weighted by Crippen LogP contribution is 2.13. The summed E-state index contributed by atoms with van der Waals surface area (Å²) in [5.74, 6) is -0.545. The summed E-state index contributed by atoms with van der Waals surface area (Å²) in [4.78, 5) is 25.8. The first-order valence-electron chi connectivity index (χ1n) is 8.51. The highest BCUT2D eigenvalue weighted by Gasteiger charge is 2.14. The summed E-state index contributed by atoms with van der Waals surface area (Å²) in [5, 5.41) is 7.56. The summed E-state index contributed by atoms with van der Waals surface area (Å²) >= 11 is 1.52. The number of aryl methyl sites for hydroxylation is 1. The molecule has 0 saturated carbocycles. The van der Waals surface area contributed by atoms with Crippen LogP contribution in [0.15, 0.2) is 47.5 Å². The SMILES string of the molecule is CCCCCNC(=O)/C(=C/c1cccs1)NC(=O)c1ccc(C)cc1. The molecule has 0 saturated heterocycles. The molecule has 0 radical (unpaired) electrons. The van der Waals surface area contributed by atoms with E-state index in [-0.39, 0.29) is 17.5 Å². The van der Waals surface area contributed by atoms with Gasteiger partial charge in [0, 0.05) is 17.0 Å². The van der Waals surface area contributed by atoms with Crippen LogP contribution < -0.4 is 10.6 Å². The Balaban J connectivity index is 2.10. The molecule has 2 aromatic rings. The van der Waals surface area contributed by atoms with Gasteiger partial charge in [0.1, 0.15) is 5.70 Å². The first-order chi connectivity index (χ1) is 12.1. The van der Waals surface area contributed by atoms with E-state index >= 15 is 0 Å². The van der Waals surface area contributed by atoms with E-state index in [2.05, 4.69) is 17.6 Å². The number of amides is 2. The van der Waals surface area contributed by atoms with E-state index < -0.39 is 0 Å². The molecular formula is C20H24N2O2S. The molecule has 0 aliphatic carbocycles. The number of carbonyl (C=O) groups is 2. The van der Waals surface area contributed by atoms with Gasteiger partial charge in [0.2, 0.25) is 0 Å². The number of nitrogens with one attached hydrogen (secondary N) is 2. The van der Waals surface area contributed by atoms with Crippen molar-refractivity contribution in [2.45, 2.75) is 33.1 Å². The van der Waals surface area contributed by atoms with Gasteiger partial charge in [-0.3, -0.25) is 9.59 Å². The molecular weight excluding hydrogens is 332 g/mol. The maximum Gasteiger partial charge on any atom is 0.267 e. The van der Waals surface area contributed by atoms with Gasteiger partial charge in [-0.1, -0.05) is 43.5 Å². The average molecular weight is 356 g/mol. The van der Waals surface area contributed by atoms with Crippen LogP contribution >= 0.6 is 11.3 Å². The molecule has 0 aliphatic rings. The minimum Gasteiger partial charge on any atom is -0.351 e. The van der Waals surface area contributed by atoms with Crippen molar-refractivity contribution in [1.82, 2.24) is 10.6 Å². The molecule has 132 valence electrons. The maximum absolute atomic E-state index is 12.5. The fourth-order valence-corrected chi connectivity index (χ4v) is 2.90. The van der Waals surface area contributed by atoms with Crippen LogP contribution in [0, 0.1) is 6.92 Å². The number of benzene rings is 1. The lowest BCUT2D eigenvalue weighted by atomic mass is 10.1. The molecule has 0 aliphatic heterocycles. The highest BCUT2D eigenvalue weighted by atomic mass is 32.1. The predicted octanol–water partition coefficient (Wildman–Crippen LogP) is 4.13. The molecule has 1 aromatic heterocycles. The molecule has 25 heavy (non-hydrogen) atoms. The lowest BCUT2D eigenvalue weighted by Gasteiger charge is -2.11. The van der Waals surface area contributed by atoms with Gasteiger partial charge in [-0.15, -0.1) is 11.3 Å². The van der Waals surface area contributed by atoms with E-state index in [9.17, 15) is 9.59 Å². The van der Waals surface area contributed by atoms with Gasteiger partial charge in [0.25, 0.3) is 11.8 Å². The van der Waals surface area contributed by atoms with Gasteiger partial charge in [0.15, 0.2) is 0 Å². The first-order valence-corrected chi connectivity index (χ1v) is 9.39. The lowest BCUT2D eigenvalue weighted by molar-refractivity contribution is -0.117. The van der Waals surface area contributed by atoms with Crippen LogP contribution in [0.2, 0.25) is 0 Å². The Hall–Kier alpha value is -2.40. The van der Waals surface area contributed by atoms with Crippen molar-refractivity contribution < 1.29 is 9.59 Å². The van der Waals surface area contributed by atoms with Crippen LogP contribution in [0.1, 0.15) is 47.0 Å². The topological polar surface area (TPSA) is 58.2 Å². The largest absolute Gasteiger partial charge is 0.351 e. The molecule has 1 heterocycles. The second-order valence-electron chi connectivity index (χ2n) is 5.86. The zero-order chi connectivity index (χ0) is 18.1. The maximum atomic E-state index is 12.5. The summed E-state index contributed by atoms with van der Waals surface area (Å²) in [5.41, 5.74) is 1.88. The Morgan fingerprint density at radius 2 is 1.88 bits per heavy atom.